The molecule has 66 heavy (non-hydrogen) atoms. The fourth-order valence-electron chi connectivity index (χ4n) is 11.7. The summed E-state index contributed by atoms with van der Waals surface area (Å²) in [6, 6.07) is 81.2. The van der Waals surface area contributed by atoms with Gasteiger partial charge in [-0.2, -0.15) is 0 Å². The Bertz CT molecular complexity index is 3740. The Morgan fingerprint density at radius 1 is 0.333 bits per heavy atom. The van der Waals surface area contributed by atoms with Gasteiger partial charge in [0.1, 0.15) is 0 Å². The van der Waals surface area contributed by atoms with E-state index in [2.05, 4.69) is 256 Å². The van der Waals surface area contributed by atoms with Crippen molar-refractivity contribution in [1.82, 2.24) is 4.57 Å². The van der Waals surface area contributed by atoms with E-state index >= 15 is 0 Å². The van der Waals surface area contributed by atoms with E-state index < -0.39 is 0 Å². The molecule has 2 nitrogen and oxygen atoms in total. The van der Waals surface area contributed by atoms with Crippen LogP contribution < -0.4 is 4.90 Å². The largest absolute Gasteiger partial charge is 0.310 e. The fraction of sp³-hybridized carbons (Fsp3) is 0.0938. The van der Waals surface area contributed by atoms with Gasteiger partial charge in [-0.05, 0) is 150 Å². The molecule has 0 atom stereocenters. The molecular weight excluding hydrogens is 797 g/mol. The summed E-state index contributed by atoms with van der Waals surface area (Å²) >= 11 is 0. The first-order valence-electron chi connectivity index (χ1n) is 23.3. The second-order valence-electron chi connectivity index (χ2n) is 19.4. The molecule has 0 aliphatic heterocycles. The van der Waals surface area contributed by atoms with Crippen LogP contribution in [0.5, 0.6) is 0 Å². The van der Waals surface area contributed by atoms with Crippen molar-refractivity contribution in [1.29, 1.82) is 0 Å². The third kappa shape index (κ3) is 5.67. The molecule has 1 heterocycles. The Balaban J connectivity index is 0.959. The summed E-state index contributed by atoms with van der Waals surface area (Å²) in [6.07, 6.45) is 0. The van der Waals surface area contributed by atoms with Crippen LogP contribution >= 0.6 is 0 Å². The van der Waals surface area contributed by atoms with Gasteiger partial charge in [0.2, 0.25) is 0 Å². The lowest BCUT2D eigenvalue weighted by molar-refractivity contribution is 0.660. The number of hydrogen-bond acceptors (Lipinski definition) is 1. The van der Waals surface area contributed by atoms with Crippen LogP contribution in [0, 0.1) is 0 Å². The minimum atomic E-state index is -0.112. The van der Waals surface area contributed by atoms with Crippen LogP contribution in [0.2, 0.25) is 0 Å². The Hall–Kier alpha value is -7.94. The molecule has 2 aliphatic carbocycles. The summed E-state index contributed by atoms with van der Waals surface area (Å²) in [6.45, 7) is 9.50. The lowest BCUT2D eigenvalue weighted by atomic mass is 9.80. The number of aromatic nitrogens is 1. The number of nitrogens with zero attached hydrogens (tertiary/aromatic N) is 2. The summed E-state index contributed by atoms with van der Waals surface area (Å²) in [7, 11) is 0. The standard InChI is InChI=1S/C64H48N2/c1-63(2)57-24-13-11-22-50(57)52-34-32-49(39-59(52)63)65(48-21-15-18-43(36-48)41-16-7-5-8-17-41)47-30-26-42(27-31-47)44-29-35-60-55(37-44)56-40-54-45(38-61(56)66(60)46-19-9-6-10-20-46)28-33-53-51-23-12-14-25-58(51)64(3,4)62(53)54/h5-40H,1-4H3. The quantitative estimate of drug-likeness (QED) is 0.162. The Labute approximate surface area is 386 Å². The first kappa shape index (κ1) is 38.5. The number of rotatable bonds is 6. The number of benzene rings is 10. The summed E-state index contributed by atoms with van der Waals surface area (Å²) in [5, 5.41) is 5.13. The maximum Gasteiger partial charge on any atom is 0.0547 e. The van der Waals surface area contributed by atoms with E-state index in [1.165, 1.54) is 99.3 Å². The van der Waals surface area contributed by atoms with Gasteiger partial charge in [0.15, 0.2) is 0 Å². The normalized spacial score (nSPS) is 14.0. The van der Waals surface area contributed by atoms with E-state index in [4.69, 9.17) is 0 Å². The lowest BCUT2D eigenvalue weighted by Crippen LogP contribution is -2.16. The molecule has 314 valence electrons. The van der Waals surface area contributed by atoms with Gasteiger partial charge < -0.3 is 9.47 Å². The van der Waals surface area contributed by atoms with Gasteiger partial charge in [0, 0.05) is 44.4 Å². The minimum Gasteiger partial charge on any atom is -0.310 e. The SMILES string of the molecule is CC1(C)c2ccccc2-c2ccc(N(c3ccc(-c4ccc5c(c4)c4cc6c7c(ccc6cc4n5-c4ccccc4)-c4ccccc4C7(C)C)cc3)c3cccc(-c4ccccc4)c3)cc21. The first-order chi connectivity index (χ1) is 32.2. The Kier molecular flexibility index (Phi) is 8.33. The zero-order chi connectivity index (χ0) is 44.3. The van der Waals surface area contributed by atoms with Gasteiger partial charge in [-0.15, -0.1) is 0 Å². The summed E-state index contributed by atoms with van der Waals surface area (Å²) in [4.78, 5) is 2.43. The van der Waals surface area contributed by atoms with Crippen molar-refractivity contribution in [2.24, 2.45) is 0 Å². The van der Waals surface area contributed by atoms with Gasteiger partial charge in [-0.25, -0.2) is 0 Å². The van der Waals surface area contributed by atoms with Crippen molar-refractivity contribution in [2.45, 2.75) is 38.5 Å². The zero-order valence-electron chi connectivity index (χ0n) is 37.7. The first-order valence-corrected chi connectivity index (χ1v) is 23.3. The molecule has 0 unspecified atom stereocenters. The molecule has 11 aromatic rings. The lowest BCUT2D eigenvalue weighted by Gasteiger charge is -2.28. The second kappa shape index (κ2) is 14.3. The van der Waals surface area contributed by atoms with Crippen molar-refractivity contribution < 1.29 is 0 Å². The molecule has 0 bridgehead atoms. The van der Waals surface area contributed by atoms with Crippen molar-refractivity contribution in [2.75, 3.05) is 4.90 Å². The maximum atomic E-state index is 2.49. The molecule has 0 N–H and O–H groups in total. The topological polar surface area (TPSA) is 8.17 Å². The van der Waals surface area contributed by atoms with E-state index in [1.807, 2.05) is 0 Å². The molecule has 0 saturated heterocycles. The highest BCUT2D eigenvalue weighted by Crippen LogP contribution is 2.53. The highest BCUT2D eigenvalue weighted by Gasteiger charge is 2.38. The average molecular weight is 845 g/mol. The molecule has 13 rings (SSSR count). The van der Waals surface area contributed by atoms with Crippen molar-refractivity contribution in [3.05, 3.63) is 241 Å². The van der Waals surface area contributed by atoms with Crippen LogP contribution in [0.25, 0.3) is 82.8 Å². The van der Waals surface area contributed by atoms with Crippen LogP contribution in [-0.2, 0) is 10.8 Å². The molecule has 0 amide bonds. The van der Waals surface area contributed by atoms with E-state index in [-0.39, 0.29) is 10.8 Å². The third-order valence-electron chi connectivity index (χ3n) is 14.9. The fourth-order valence-corrected chi connectivity index (χ4v) is 11.7. The van der Waals surface area contributed by atoms with Crippen LogP contribution in [0.4, 0.5) is 17.1 Å². The van der Waals surface area contributed by atoms with Gasteiger partial charge in [0.05, 0.1) is 11.0 Å². The minimum absolute atomic E-state index is 0.110. The molecular formula is C64H48N2. The zero-order valence-corrected chi connectivity index (χ0v) is 37.7. The number of fused-ring (bicyclic) bond motifs is 11. The monoisotopic (exact) mass is 844 g/mol. The highest BCUT2D eigenvalue weighted by molar-refractivity contribution is 6.16. The molecule has 1 aromatic heterocycles. The number of hydrogen-bond donors (Lipinski definition) is 0. The van der Waals surface area contributed by atoms with Crippen LogP contribution in [-0.4, -0.2) is 4.57 Å². The third-order valence-corrected chi connectivity index (χ3v) is 14.9. The van der Waals surface area contributed by atoms with Crippen molar-refractivity contribution in [3.63, 3.8) is 0 Å². The van der Waals surface area contributed by atoms with Gasteiger partial charge in [-0.1, -0.05) is 173 Å². The maximum absolute atomic E-state index is 2.49. The van der Waals surface area contributed by atoms with E-state index in [0.717, 1.165) is 22.7 Å². The van der Waals surface area contributed by atoms with Crippen molar-refractivity contribution in [3.8, 4) is 50.2 Å². The molecule has 0 spiro atoms. The van der Waals surface area contributed by atoms with Crippen LogP contribution in [0.15, 0.2) is 218 Å². The van der Waals surface area contributed by atoms with E-state index in [1.54, 1.807) is 0 Å². The predicted molar refractivity (Wildman–Crippen MR) is 279 cm³/mol. The molecule has 2 heteroatoms. The summed E-state index contributed by atoms with van der Waals surface area (Å²) < 4.78 is 2.45. The van der Waals surface area contributed by atoms with E-state index in [9.17, 15) is 0 Å². The molecule has 0 fully saturated rings. The van der Waals surface area contributed by atoms with Crippen LogP contribution in [0.1, 0.15) is 49.9 Å². The highest BCUT2D eigenvalue weighted by atomic mass is 15.1. The Morgan fingerprint density at radius 2 is 0.894 bits per heavy atom. The van der Waals surface area contributed by atoms with Gasteiger partial charge >= 0.3 is 0 Å². The van der Waals surface area contributed by atoms with Gasteiger partial charge in [-0.3, -0.25) is 0 Å². The van der Waals surface area contributed by atoms with E-state index in [0.29, 0.717) is 0 Å². The average Bonchev–Trinajstić information content (AvgIpc) is 3.90. The number of anilines is 3. The summed E-state index contributed by atoms with van der Waals surface area (Å²) in [5.74, 6) is 0. The van der Waals surface area contributed by atoms with Gasteiger partial charge in [0.25, 0.3) is 0 Å². The number of para-hydroxylation sites is 1. The molecule has 0 radical (unpaired) electrons. The summed E-state index contributed by atoms with van der Waals surface area (Å²) in [5.41, 5.74) is 22.5. The molecule has 10 aromatic carbocycles. The van der Waals surface area contributed by atoms with Crippen molar-refractivity contribution >= 4 is 49.6 Å². The molecule has 0 saturated carbocycles. The second-order valence-corrected chi connectivity index (χ2v) is 19.4. The van der Waals surface area contributed by atoms with Crippen LogP contribution in [0.3, 0.4) is 0 Å². The molecule has 2 aliphatic rings. The smallest absolute Gasteiger partial charge is 0.0547 e. The predicted octanol–water partition coefficient (Wildman–Crippen LogP) is 17.4. The Morgan fingerprint density at radius 3 is 1.67 bits per heavy atom.